The molecule has 0 spiro atoms. The molecule has 2 heterocycles. The van der Waals surface area contributed by atoms with Crippen molar-refractivity contribution in [3.8, 4) is 11.4 Å². The van der Waals surface area contributed by atoms with Gasteiger partial charge in [0.15, 0.2) is 11.6 Å². The average Bonchev–Trinajstić information content (AvgIpc) is 2.83. The number of halogens is 2. The standard InChI is InChI=1S/C14H16F2N4/c1-2-3-12-14-19-18-13(20(14)5-4-17-12)9-6-10(15)8-11(16)7-9/h6-8,12,17H,2-5H2,1H3. The van der Waals surface area contributed by atoms with Crippen molar-refractivity contribution >= 4 is 0 Å². The smallest absolute Gasteiger partial charge is 0.164 e. The number of hydrogen-bond acceptors (Lipinski definition) is 3. The minimum atomic E-state index is -0.601. The molecule has 0 radical (unpaired) electrons. The maximum atomic E-state index is 13.3. The Hall–Kier alpha value is -1.82. The van der Waals surface area contributed by atoms with Crippen molar-refractivity contribution in [3.05, 3.63) is 35.7 Å². The zero-order valence-electron chi connectivity index (χ0n) is 11.2. The highest BCUT2D eigenvalue weighted by Gasteiger charge is 2.24. The van der Waals surface area contributed by atoms with E-state index < -0.39 is 11.6 Å². The topological polar surface area (TPSA) is 42.7 Å². The van der Waals surface area contributed by atoms with E-state index in [9.17, 15) is 8.78 Å². The van der Waals surface area contributed by atoms with Gasteiger partial charge in [0, 0.05) is 24.7 Å². The van der Waals surface area contributed by atoms with Gasteiger partial charge in [0.1, 0.15) is 11.6 Å². The lowest BCUT2D eigenvalue weighted by atomic mass is 10.1. The second-order valence-electron chi connectivity index (χ2n) is 4.99. The highest BCUT2D eigenvalue weighted by atomic mass is 19.1. The van der Waals surface area contributed by atoms with Crippen molar-refractivity contribution in [1.29, 1.82) is 0 Å². The summed E-state index contributed by atoms with van der Waals surface area (Å²) in [6.45, 7) is 3.62. The quantitative estimate of drug-likeness (QED) is 0.938. The van der Waals surface area contributed by atoms with Crippen molar-refractivity contribution in [1.82, 2.24) is 20.1 Å². The van der Waals surface area contributed by atoms with Gasteiger partial charge in [-0.05, 0) is 18.6 Å². The molecule has 1 N–H and O–H groups in total. The van der Waals surface area contributed by atoms with Gasteiger partial charge in [-0.3, -0.25) is 0 Å². The number of nitrogens with zero attached hydrogens (tertiary/aromatic N) is 3. The fraction of sp³-hybridized carbons (Fsp3) is 0.429. The molecule has 0 fully saturated rings. The van der Waals surface area contributed by atoms with Gasteiger partial charge in [-0.25, -0.2) is 8.78 Å². The van der Waals surface area contributed by atoms with E-state index in [0.29, 0.717) is 17.9 Å². The van der Waals surface area contributed by atoms with E-state index in [-0.39, 0.29) is 6.04 Å². The van der Waals surface area contributed by atoms with Crippen molar-refractivity contribution in [2.45, 2.75) is 32.4 Å². The Balaban J connectivity index is 2.03. The molecule has 1 aliphatic heterocycles. The Bertz CT molecular complexity index is 603. The third kappa shape index (κ3) is 2.31. The zero-order valence-corrected chi connectivity index (χ0v) is 11.2. The summed E-state index contributed by atoms with van der Waals surface area (Å²) in [6, 6.07) is 3.60. The van der Waals surface area contributed by atoms with Crippen LogP contribution in [0.2, 0.25) is 0 Å². The molecule has 20 heavy (non-hydrogen) atoms. The second kappa shape index (κ2) is 5.28. The van der Waals surface area contributed by atoms with Crippen LogP contribution < -0.4 is 5.32 Å². The van der Waals surface area contributed by atoms with Gasteiger partial charge in [0.2, 0.25) is 0 Å². The van der Waals surface area contributed by atoms with Gasteiger partial charge in [-0.1, -0.05) is 13.3 Å². The molecule has 3 rings (SSSR count). The van der Waals surface area contributed by atoms with E-state index in [2.05, 4.69) is 22.4 Å². The van der Waals surface area contributed by atoms with Crippen LogP contribution in [0.5, 0.6) is 0 Å². The largest absolute Gasteiger partial charge is 0.308 e. The molecule has 0 amide bonds. The van der Waals surface area contributed by atoms with Gasteiger partial charge < -0.3 is 9.88 Å². The molecule has 4 nitrogen and oxygen atoms in total. The highest BCUT2D eigenvalue weighted by Crippen LogP contribution is 2.26. The van der Waals surface area contributed by atoms with Crippen LogP contribution in [0, 0.1) is 11.6 Å². The summed E-state index contributed by atoms with van der Waals surface area (Å²) < 4.78 is 28.6. The number of rotatable bonds is 3. The fourth-order valence-electron chi connectivity index (χ4n) is 2.65. The Kier molecular flexibility index (Phi) is 3.48. The van der Waals surface area contributed by atoms with Gasteiger partial charge in [-0.15, -0.1) is 10.2 Å². The lowest BCUT2D eigenvalue weighted by Crippen LogP contribution is -2.33. The van der Waals surface area contributed by atoms with E-state index >= 15 is 0 Å². The highest BCUT2D eigenvalue weighted by molar-refractivity contribution is 5.55. The van der Waals surface area contributed by atoms with E-state index in [0.717, 1.165) is 31.3 Å². The predicted molar refractivity (Wildman–Crippen MR) is 71.0 cm³/mol. The van der Waals surface area contributed by atoms with Crippen LogP contribution in [0.25, 0.3) is 11.4 Å². The fourth-order valence-corrected chi connectivity index (χ4v) is 2.65. The Morgan fingerprint density at radius 2 is 2.00 bits per heavy atom. The maximum Gasteiger partial charge on any atom is 0.164 e. The van der Waals surface area contributed by atoms with Crippen LogP contribution in [0.15, 0.2) is 18.2 Å². The first-order valence-corrected chi connectivity index (χ1v) is 6.82. The third-order valence-electron chi connectivity index (χ3n) is 3.52. The van der Waals surface area contributed by atoms with Gasteiger partial charge >= 0.3 is 0 Å². The van der Waals surface area contributed by atoms with Crippen LogP contribution in [0.3, 0.4) is 0 Å². The molecule has 1 unspecified atom stereocenters. The third-order valence-corrected chi connectivity index (χ3v) is 3.52. The molecule has 6 heteroatoms. The summed E-state index contributed by atoms with van der Waals surface area (Å²) >= 11 is 0. The number of nitrogens with one attached hydrogen (secondary N) is 1. The van der Waals surface area contributed by atoms with Crippen molar-refractivity contribution in [2.75, 3.05) is 6.54 Å². The molecule has 1 aromatic heterocycles. The van der Waals surface area contributed by atoms with Crippen LogP contribution >= 0.6 is 0 Å². The van der Waals surface area contributed by atoms with E-state index in [1.54, 1.807) is 0 Å². The molecule has 1 aromatic carbocycles. The van der Waals surface area contributed by atoms with Crippen molar-refractivity contribution in [2.24, 2.45) is 0 Å². The predicted octanol–water partition coefficient (Wildman–Crippen LogP) is 2.67. The second-order valence-corrected chi connectivity index (χ2v) is 4.99. The van der Waals surface area contributed by atoms with Crippen LogP contribution in [-0.4, -0.2) is 21.3 Å². The van der Waals surface area contributed by atoms with Gasteiger partial charge in [-0.2, -0.15) is 0 Å². The van der Waals surface area contributed by atoms with E-state index in [4.69, 9.17) is 0 Å². The number of hydrogen-bond donors (Lipinski definition) is 1. The molecule has 0 aliphatic carbocycles. The monoisotopic (exact) mass is 278 g/mol. The first-order valence-electron chi connectivity index (χ1n) is 6.82. The van der Waals surface area contributed by atoms with Crippen molar-refractivity contribution < 1.29 is 8.78 Å². The SMILES string of the molecule is CCCC1NCCn2c(-c3cc(F)cc(F)c3)nnc21. The molecular weight excluding hydrogens is 262 g/mol. The molecule has 0 saturated carbocycles. The summed E-state index contributed by atoms with van der Waals surface area (Å²) in [7, 11) is 0. The lowest BCUT2D eigenvalue weighted by molar-refractivity contribution is 0.394. The Morgan fingerprint density at radius 3 is 2.70 bits per heavy atom. The average molecular weight is 278 g/mol. The van der Waals surface area contributed by atoms with E-state index in [1.165, 1.54) is 12.1 Å². The Labute approximate surface area is 115 Å². The zero-order chi connectivity index (χ0) is 14.1. The van der Waals surface area contributed by atoms with Gasteiger partial charge in [0.25, 0.3) is 0 Å². The van der Waals surface area contributed by atoms with Crippen LogP contribution in [0.4, 0.5) is 8.78 Å². The Morgan fingerprint density at radius 1 is 1.25 bits per heavy atom. The molecule has 0 saturated heterocycles. The summed E-state index contributed by atoms with van der Waals surface area (Å²) in [5.41, 5.74) is 0.429. The minimum Gasteiger partial charge on any atom is -0.308 e. The molecule has 0 bridgehead atoms. The van der Waals surface area contributed by atoms with E-state index in [1.807, 2.05) is 4.57 Å². The van der Waals surface area contributed by atoms with Gasteiger partial charge in [0.05, 0.1) is 6.04 Å². The number of aromatic nitrogens is 3. The first-order chi connectivity index (χ1) is 9.69. The molecule has 106 valence electrons. The number of fused-ring (bicyclic) bond motifs is 1. The summed E-state index contributed by atoms with van der Waals surface area (Å²) in [5.74, 6) is 0.173. The molecule has 1 aliphatic rings. The molecule has 2 aromatic rings. The van der Waals surface area contributed by atoms with Crippen LogP contribution in [0.1, 0.15) is 31.6 Å². The first kappa shape index (κ1) is 13.2. The summed E-state index contributed by atoms with van der Waals surface area (Å²) in [4.78, 5) is 0. The van der Waals surface area contributed by atoms with Crippen LogP contribution in [-0.2, 0) is 6.54 Å². The number of benzene rings is 1. The minimum absolute atomic E-state index is 0.161. The molecular formula is C14H16F2N4. The molecule has 1 atom stereocenters. The van der Waals surface area contributed by atoms with Crippen molar-refractivity contribution in [3.63, 3.8) is 0 Å². The lowest BCUT2D eigenvalue weighted by Gasteiger charge is -2.24. The summed E-state index contributed by atoms with van der Waals surface area (Å²) in [5, 5.41) is 11.7. The summed E-state index contributed by atoms with van der Waals surface area (Å²) in [6.07, 6.45) is 2.00. The maximum absolute atomic E-state index is 13.3. The normalized spacial score (nSPS) is 18.1.